The van der Waals surface area contributed by atoms with Gasteiger partial charge in [-0.15, -0.1) is 0 Å². The van der Waals surface area contributed by atoms with Gasteiger partial charge in [-0.05, 0) is 48.5 Å². The Balaban J connectivity index is 2.41. The molecular formula is C16H8Cl3F2NO2. The van der Waals surface area contributed by atoms with Crippen LogP contribution in [0.4, 0.5) is 8.78 Å². The molecule has 0 saturated carbocycles. The second kappa shape index (κ2) is 8.24. The van der Waals surface area contributed by atoms with E-state index in [2.05, 4.69) is 5.16 Å². The summed E-state index contributed by atoms with van der Waals surface area (Å²) >= 11 is 16.3. The van der Waals surface area contributed by atoms with E-state index in [-0.39, 0.29) is 5.71 Å². The van der Waals surface area contributed by atoms with Gasteiger partial charge in [0.15, 0.2) is 5.03 Å². The molecule has 0 amide bonds. The highest BCUT2D eigenvalue weighted by molar-refractivity contribution is 6.62. The number of carbonyl (C=O) groups is 1. The molecule has 3 nitrogen and oxygen atoms in total. The Morgan fingerprint density at radius 2 is 1.25 bits per heavy atom. The minimum absolute atomic E-state index is 0.165. The van der Waals surface area contributed by atoms with E-state index in [1.807, 2.05) is 0 Å². The molecular weight excluding hydrogens is 383 g/mol. The van der Waals surface area contributed by atoms with Gasteiger partial charge in [0.25, 0.3) is 0 Å². The Kier molecular flexibility index (Phi) is 6.31. The molecule has 2 aromatic carbocycles. The van der Waals surface area contributed by atoms with Gasteiger partial charge < -0.3 is 4.84 Å². The van der Waals surface area contributed by atoms with Crippen LogP contribution in [0.2, 0.25) is 0 Å². The van der Waals surface area contributed by atoms with E-state index >= 15 is 0 Å². The quantitative estimate of drug-likeness (QED) is 0.313. The molecule has 0 radical (unpaired) electrons. The lowest BCUT2D eigenvalue weighted by atomic mass is 10.0. The average molecular weight is 391 g/mol. The highest BCUT2D eigenvalue weighted by Crippen LogP contribution is 2.20. The highest BCUT2D eigenvalue weighted by Gasteiger charge is 2.15. The lowest BCUT2D eigenvalue weighted by molar-refractivity contribution is -0.138. The molecule has 0 aliphatic heterocycles. The van der Waals surface area contributed by atoms with Gasteiger partial charge >= 0.3 is 5.97 Å². The van der Waals surface area contributed by atoms with Crippen LogP contribution in [0.5, 0.6) is 0 Å². The van der Waals surface area contributed by atoms with Crippen LogP contribution in [0.15, 0.2) is 63.2 Å². The first-order valence-electron chi connectivity index (χ1n) is 6.40. The Labute approximate surface area is 151 Å². The Bertz CT molecular complexity index is 752. The summed E-state index contributed by atoms with van der Waals surface area (Å²) in [6.45, 7) is 0. The number of nitrogens with zero attached hydrogens (tertiary/aromatic N) is 1. The normalized spacial score (nSPS) is 10.0. The zero-order valence-corrected chi connectivity index (χ0v) is 14.0. The molecule has 2 aromatic rings. The van der Waals surface area contributed by atoms with E-state index in [0.717, 1.165) is 0 Å². The van der Waals surface area contributed by atoms with Gasteiger partial charge in [-0.2, -0.15) is 0 Å². The van der Waals surface area contributed by atoms with Crippen molar-refractivity contribution in [3.63, 3.8) is 0 Å². The molecule has 0 fully saturated rings. The number of oxime groups is 1. The monoisotopic (exact) mass is 389 g/mol. The van der Waals surface area contributed by atoms with Gasteiger partial charge in [-0.1, -0.05) is 40.0 Å². The minimum Gasteiger partial charge on any atom is -0.311 e. The topological polar surface area (TPSA) is 38.7 Å². The van der Waals surface area contributed by atoms with Crippen molar-refractivity contribution in [1.29, 1.82) is 0 Å². The molecule has 0 aromatic heterocycles. The van der Waals surface area contributed by atoms with E-state index in [1.165, 1.54) is 48.5 Å². The Morgan fingerprint density at radius 1 is 0.833 bits per heavy atom. The molecule has 0 N–H and O–H groups in total. The maximum Gasteiger partial charge on any atom is 0.379 e. The third-order valence-electron chi connectivity index (χ3n) is 2.80. The fourth-order valence-electron chi connectivity index (χ4n) is 1.69. The summed E-state index contributed by atoms with van der Waals surface area (Å²) in [4.78, 5) is 16.4. The van der Waals surface area contributed by atoms with Crippen molar-refractivity contribution in [2.24, 2.45) is 5.16 Å². The lowest BCUT2D eigenvalue weighted by Crippen LogP contribution is -2.08. The van der Waals surface area contributed by atoms with Crippen molar-refractivity contribution in [2.75, 3.05) is 0 Å². The summed E-state index contributed by atoms with van der Waals surface area (Å²) in [5.41, 5.74) is 1.04. The van der Waals surface area contributed by atoms with Gasteiger partial charge in [-0.25, -0.2) is 13.6 Å². The van der Waals surface area contributed by atoms with Crippen LogP contribution in [-0.2, 0) is 9.63 Å². The van der Waals surface area contributed by atoms with Crippen LogP contribution in [0.3, 0.4) is 0 Å². The van der Waals surface area contributed by atoms with E-state index in [0.29, 0.717) is 11.1 Å². The number of hydrogen-bond acceptors (Lipinski definition) is 3. The molecule has 2 rings (SSSR count). The van der Waals surface area contributed by atoms with Crippen molar-refractivity contribution >= 4 is 46.5 Å². The molecule has 0 saturated heterocycles. The number of carbonyl (C=O) groups excluding carboxylic acids is 1. The summed E-state index contributed by atoms with van der Waals surface area (Å²) in [7, 11) is 0. The number of rotatable bonds is 4. The number of hydrogen-bond donors (Lipinski definition) is 0. The molecule has 8 heteroatoms. The summed E-state index contributed by atoms with van der Waals surface area (Å²) in [6.07, 6.45) is 0. The lowest BCUT2D eigenvalue weighted by Gasteiger charge is -2.07. The molecule has 0 aliphatic carbocycles. The maximum absolute atomic E-state index is 13.1. The van der Waals surface area contributed by atoms with Crippen LogP contribution in [0.25, 0.3) is 0 Å². The zero-order chi connectivity index (χ0) is 17.7. The third-order valence-corrected chi connectivity index (χ3v) is 3.72. The van der Waals surface area contributed by atoms with Gasteiger partial charge in [0.1, 0.15) is 21.8 Å². The van der Waals surface area contributed by atoms with Crippen LogP contribution >= 0.6 is 34.8 Å². The maximum atomic E-state index is 13.1. The van der Waals surface area contributed by atoms with Crippen molar-refractivity contribution in [1.82, 2.24) is 0 Å². The molecule has 0 heterocycles. The van der Waals surface area contributed by atoms with Crippen LogP contribution in [0.1, 0.15) is 11.1 Å². The molecule has 124 valence electrons. The van der Waals surface area contributed by atoms with E-state index in [1.54, 1.807) is 0 Å². The van der Waals surface area contributed by atoms with E-state index < -0.39 is 27.1 Å². The summed E-state index contributed by atoms with van der Waals surface area (Å²) in [5, 5.41) is 3.17. The first-order valence-corrected chi connectivity index (χ1v) is 7.54. The Morgan fingerprint density at radius 3 is 1.62 bits per heavy atom. The summed E-state index contributed by atoms with van der Waals surface area (Å²) < 4.78 is 25.7. The van der Waals surface area contributed by atoms with Crippen LogP contribution in [-0.4, -0.2) is 11.7 Å². The van der Waals surface area contributed by atoms with Gasteiger partial charge in [0.2, 0.25) is 0 Å². The molecule has 0 bridgehead atoms. The summed E-state index contributed by atoms with van der Waals surface area (Å²) in [5.74, 6) is -1.97. The molecule has 0 aliphatic rings. The van der Waals surface area contributed by atoms with E-state index in [9.17, 15) is 13.6 Å². The third kappa shape index (κ3) is 4.77. The average Bonchev–Trinajstić information content (AvgIpc) is 2.57. The molecule has 0 atom stereocenters. The van der Waals surface area contributed by atoms with Crippen LogP contribution in [0, 0.1) is 11.6 Å². The minimum atomic E-state index is -1.07. The Hall–Kier alpha value is -1.95. The van der Waals surface area contributed by atoms with Crippen LogP contribution < -0.4 is 0 Å². The van der Waals surface area contributed by atoms with Gasteiger partial charge in [0.05, 0.1) is 0 Å². The van der Waals surface area contributed by atoms with Crippen molar-refractivity contribution in [3.05, 3.63) is 80.8 Å². The highest BCUT2D eigenvalue weighted by atomic mass is 35.5. The number of halogens is 5. The predicted molar refractivity (Wildman–Crippen MR) is 89.1 cm³/mol. The first-order chi connectivity index (χ1) is 11.4. The standard InChI is InChI=1S/C16H8Cl3F2NO2/c17-13(15(18)19)16(23)24-22-14(9-1-5-11(20)6-2-9)10-3-7-12(21)8-4-10/h1-8H. The van der Waals surface area contributed by atoms with Crippen molar-refractivity contribution in [2.45, 2.75) is 0 Å². The van der Waals surface area contributed by atoms with E-state index in [4.69, 9.17) is 39.6 Å². The van der Waals surface area contributed by atoms with Crippen molar-refractivity contribution in [3.8, 4) is 0 Å². The molecule has 24 heavy (non-hydrogen) atoms. The summed E-state index contributed by atoms with van der Waals surface area (Å²) in [6, 6.07) is 10.5. The fourth-order valence-corrected chi connectivity index (χ4v) is 1.88. The molecule has 0 unspecified atom stereocenters. The zero-order valence-electron chi connectivity index (χ0n) is 11.8. The first kappa shape index (κ1) is 18.4. The fraction of sp³-hybridized carbons (Fsp3) is 0. The largest absolute Gasteiger partial charge is 0.379 e. The van der Waals surface area contributed by atoms with Gasteiger partial charge in [-0.3, -0.25) is 0 Å². The predicted octanol–water partition coefficient (Wildman–Crippen LogP) is 5.15. The number of benzene rings is 2. The SMILES string of the molecule is O=C(ON=C(c1ccc(F)cc1)c1ccc(F)cc1)C(Cl)=C(Cl)Cl. The van der Waals surface area contributed by atoms with Gasteiger partial charge in [0, 0.05) is 11.1 Å². The smallest absolute Gasteiger partial charge is 0.311 e. The second-order valence-corrected chi connectivity index (χ2v) is 5.73. The molecule has 0 spiro atoms. The van der Waals surface area contributed by atoms with Crippen molar-refractivity contribution < 1.29 is 18.4 Å². The second-order valence-electron chi connectivity index (χ2n) is 4.41.